The zero-order chi connectivity index (χ0) is 26.9. The van der Waals surface area contributed by atoms with Crippen LogP contribution in [0.25, 0.3) is 5.76 Å². The van der Waals surface area contributed by atoms with E-state index in [4.69, 9.17) is 4.74 Å². The number of nitrogens with zero attached hydrogens (tertiary/aromatic N) is 3. The van der Waals surface area contributed by atoms with Crippen molar-refractivity contribution in [1.29, 1.82) is 0 Å². The number of aromatic nitrogens is 1. The number of hydrogen-bond acceptors (Lipinski definition) is 6. The smallest absolute Gasteiger partial charge is 0.295 e. The lowest BCUT2D eigenvalue weighted by Crippen LogP contribution is -2.29. The predicted octanol–water partition coefficient (Wildman–Crippen LogP) is 5.08. The second kappa shape index (κ2) is 10.1. The highest BCUT2D eigenvalue weighted by Crippen LogP contribution is 2.42. The molecule has 2 aromatic carbocycles. The van der Waals surface area contributed by atoms with Gasteiger partial charge in [0, 0.05) is 49.8 Å². The van der Waals surface area contributed by atoms with Gasteiger partial charge in [0.1, 0.15) is 11.5 Å². The van der Waals surface area contributed by atoms with E-state index in [2.05, 4.69) is 4.98 Å². The van der Waals surface area contributed by atoms with Gasteiger partial charge in [-0.3, -0.25) is 14.6 Å². The number of likely N-dealkylation sites (tertiary alicyclic amines) is 1. The molecule has 1 aliphatic heterocycles. The zero-order valence-electron chi connectivity index (χ0n) is 22.1. The Morgan fingerprint density at radius 3 is 2.35 bits per heavy atom. The fraction of sp³-hybridized carbons (Fsp3) is 0.300. The van der Waals surface area contributed by atoms with Gasteiger partial charge in [0.2, 0.25) is 0 Å². The van der Waals surface area contributed by atoms with Crippen LogP contribution in [0.3, 0.4) is 0 Å². The number of aliphatic hydroxyl groups is 1. The Morgan fingerprint density at radius 1 is 1.08 bits per heavy atom. The van der Waals surface area contributed by atoms with Crippen molar-refractivity contribution >= 4 is 23.1 Å². The first kappa shape index (κ1) is 25.9. The largest absolute Gasteiger partial charge is 0.507 e. The molecule has 1 N–H and O–H groups in total. The van der Waals surface area contributed by atoms with Gasteiger partial charge in [-0.25, -0.2) is 0 Å². The number of benzene rings is 2. The van der Waals surface area contributed by atoms with Gasteiger partial charge in [0.15, 0.2) is 0 Å². The minimum Gasteiger partial charge on any atom is -0.507 e. The molecule has 0 aliphatic carbocycles. The minimum absolute atomic E-state index is 0.0662. The van der Waals surface area contributed by atoms with Gasteiger partial charge in [-0.2, -0.15) is 0 Å². The molecule has 1 fully saturated rings. The average Bonchev–Trinajstić information content (AvgIpc) is 3.13. The molecule has 37 heavy (non-hydrogen) atoms. The van der Waals surface area contributed by atoms with Crippen molar-refractivity contribution in [2.75, 3.05) is 26.1 Å². The van der Waals surface area contributed by atoms with Gasteiger partial charge in [-0.05, 0) is 52.9 Å². The average molecular weight is 500 g/mol. The Kier molecular flexibility index (Phi) is 7.07. The Morgan fingerprint density at radius 2 is 1.78 bits per heavy atom. The van der Waals surface area contributed by atoms with E-state index in [-0.39, 0.29) is 23.3 Å². The fourth-order valence-corrected chi connectivity index (χ4v) is 4.63. The molecule has 0 radical (unpaired) electrons. The lowest BCUT2D eigenvalue weighted by molar-refractivity contribution is -0.140. The first-order valence-corrected chi connectivity index (χ1v) is 12.2. The molecule has 1 atom stereocenters. The number of amides is 1. The molecule has 0 spiro atoms. The maximum absolute atomic E-state index is 13.4. The topological polar surface area (TPSA) is 83.0 Å². The van der Waals surface area contributed by atoms with E-state index in [0.29, 0.717) is 11.3 Å². The third-order valence-corrected chi connectivity index (χ3v) is 6.62. The van der Waals surface area contributed by atoms with Gasteiger partial charge < -0.3 is 19.6 Å². The highest BCUT2D eigenvalue weighted by atomic mass is 16.5. The highest BCUT2D eigenvalue weighted by molar-refractivity contribution is 6.46. The molecule has 2 heterocycles. The number of Topliss-reactive ketones (excluding diaryl/α,β-unsaturated/α-hetero) is 1. The van der Waals surface area contributed by atoms with Gasteiger partial charge in [-0.15, -0.1) is 0 Å². The number of pyridine rings is 1. The van der Waals surface area contributed by atoms with Crippen molar-refractivity contribution in [3.63, 3.8) is 0 Å². The number of hydrogen-bond donors (Lipinski definition) is 1. The maximum atomic E-state index is 13.4. The highest BCUT2D eigenvalue weighted by Gasteiger charge is 2.46. The molecule has 0 saturated carbocycles. The molecule has 1 aromatic heterocycles. The second-order valence-electron chi connectivity index (χ2n) is 10.4. The monoisotopic (exact) mass is 499 g/mol. The number of carbonyl (C=O) groups excluding carboxylic acids is 2. The van der Waals surface area contributed by atoms with Gasteiger partial charge in [0.25, 0.3) is 11.7 Å². The normalized spacial score (nSPS) is 17.2. The summed E-state index contributed by atoms with van der Waals surface area (Å²) >= 11 is 0. The Hall–Kier alpha value is -4.13. The molecule has 4 rings (SSSR count). The van der Waals surface area contributed by atoms with Crippen LogP contribution in [0.5, 0.6) is 5.75 Å². The quantitative estimate of drug-likeness (QED) is 0.290. The standard InChI is InChI=1S/C30H33N3O4/c1-30(2,3)23-16-21(11-14-24(23)37-6)27(34)25-26(20-9-12-22(13-10-20)32(4)5)33(29(36)28(25)35)18-19-8-7-15-31-17-19/h7-17,26,34H,18H2,1-6H3/b27-25-. The summed E-state index contributed by atoms with van der Waals surface area (Å²) in [5, 5.41) is 11.5. The van der Waals surface area contributed by atoms with Crippen molar-refractivity contribution < 1.29 is 19.4 Å². The number of rotatable bonds is 6. The van der Waals surface area contributed by atoms with Crippen molar-refractivity contribution in [2.24, 2.45) is 0 Å². The molecule has 1 unspecified atom stereocenters. The SMILES string of the molecule is COc1ccc(/C(O)=C2/C(=O)C(=O)N(Cc3cccnc3)C2c2ccc(N(C)C)cc2)cc1C(C)(C)C. The third kappa shape index (κ3) is 5.07. The molecule has 1 amide bonds. The molecular formula is C30H33N3O4. The van der Waals surface area contributed by atoms with Crippen LogP contribution >= 0.6 is 0 Å². The van der Waals surface area contributed by atoms with Crippen LogP contribution in [0, 0.1) is 0 Å². The van der Waals surface area contributed by atoms with E-state index in [1.807, 2.05) is 76.2 Å². The summed E-state index contributed by atoms with van der Waals surface area (Å²) in [6.07, 6.45) is 3.33. The summed E-state index contributed by atoms with van der Waals surface area (Å²) < 4.78 is 5.54. The molecule has 7 heteroatoms. The van der Waals surface area contributed by atoms with Gasteiger partial charge in [0.05, 0.1) is 18.7 Å². The van der Waals surface area contributed by atoms with E-state index in [9.17, 15) is 14.7 Å². The van der Waals surface area contributed by atoms with Crippen LogP contribution in [-0.4, -0.2) is 47.9 Å². The van der Waals surface area contributed by atoms with Crippen molar-refractivity contribution in [2.45, 2.75) is 38.8 Å². The van der Waals surface area contributed by atoms with Crippen LogP contribution in [0.4, 0.5) is 5.69 Å². The molecule has 3 aromatic rings. The van der Waals surface area contributed by atoms with Gasteiger partial charge in [-0.1, -0.05) is 39.0 Å². The summed E-state index contributed by atoms with van der Waals surface area (Å²) in [6, 6.07) is 15.9. The molecule has 1 aliphatic rings. The molecule has 1 saturated heterocycles. The Balaban J connectivity index is 1.89. The first-order chi connectivity index (χ1) is 17.5. The molecule has 7 nitrogen and oxygen atoms in total. The predicted molar refractivity (Wildman–Crippen MR) is 145 cm³/mol. The van der Waals surface area contributed by atoms with E-state index in [1.165, 1.54) is 4.90 Å². The van der Waals surface area contributed by atoms with E-state index in [0.717, 1.165) is 22.4 Å². The van der Waals surface area contributed by atoms with Crippen LogP contribution in [0.2, 0.25) is 0 Å². The molecular weight excluding hydrogens is 466 g/mol. The summed E-state index contributed by atoms with van der Waals surface area (Å²) in [7, 11) is 5.49. The number of carbonyl (C=O) groups is 2. The van der Waals surface area contributed by atoms with Crippen molar-refractivity contribution in [3.8, 4) is 5.75 Å². The van der Waals surface area contributed by atoms with Gasteiger partial charge >= 0.3 is 0 Å². The first-order valence-electron chi connectivity index (χ1n) is 12.2. The Labute approximate surface area is 218 Å². The zero-order valence-corrected chi connectivity index (χ0v) is 22.1. The lowest BCUT2D eigenvalue weighted by atomic mass is 9.84. The Bertz CT molecular complexity index is 1340. The fourth-order valence-electron chi connectivity index (χ4n) is 4.63. The van der Waals surface area contributed by atoms with Crippen molar-refractivity contribution in [3.05, 3.63) is 94.8 Å². The summed E-state index contributed by atoms with van der Waals surface area (Å²) in [5.41, 5.74) is 3.65. The number of anilines is 1. The van der Waals surface area contributed by atoms with E-state index < -0.39 is 17.7 Å². The minimum atomic E-state index is -0.753. The van der Waals surface area contributed by atoms with E-state index in [1.54, 1.807) is 37.7 Å². The maximum Gasteiger partial charge on any atom is 0.295 e. The number of ketones is 1. The summed E-state index contributed by atoms with van der Waals surface area (Å²) in [4.78, 5) is 34.4. The van der Waals surface area contributed by atoms with Crippen LogP contribution in [-0.2, 0) is 21.5 Å². The van der Waals surface area contributed by atoms with Crippen LogP contribution < -0.4 is 9.64 Å². The molecule has 192 valence electrons. The van der Waals surface area contributed by atoms with Crippen molar-refractivity contribution in [1.82, 2.24) is 9.88 Å². The number of aliphatic hydroxyl groups excluding tert-OH is 1. The van der Waals surface area contributed by atoms with E-state index >= 15 is 0 Å². The number of methoxy groups -OCH3 is 1. The number of ether oxygens (including phenoxy) is 1. The summed E-state index contributed by atoms with van der Waals surface area (Å²) in [5.74, 6) is -0.883. The van der Waals surface area contributed by atoms with Crippen LogP contribution in [0.15, 0.2) is 72.6 Å². The second-order valence-corrected chi connectivity index (χ2v) is 10.4. The lowest BCUT2D eigenvalue weighted by Gasteiger charge is -2.26. The summed E-state index contributed by atoms with van der Waals surface area (Å²) in [6.45, 7) is 6.33. The van der Waals surface area contributed by atoms with Crippen LogP contribution in [0.1, 0.15) is 49.1 Å². The third-order valence-electron chi connectivity index (χ3n) is 6.62. The molecule has 0 bridgehead atoms.